The molecule has 0 saturated carbocycles. The van der Waals surface area contributed by atoms with Crippen molar-refractivity contribution in [1.82, 2.24) is 20.1 Å². The Labute approximate surface area is 189 Å². The summed E-state index contributed by atoms with van der Waals surface area (Å²) >= 11 is 0. The molecule has 2 N–H and O–H groups in total. The van der Waals surface area contributed by atoms with Crippen LogP contribution >= 0.6 is 0 Å². The molecular weight excluding hydrogens is 430 g/mol. The maximum atomic E-state index is 13.4. The van der Waals surface area contributed by atoms with E-state index in [4.69, 9.17) is 0 Å². The second-order valence-corrected chi connectivity index (χ2v) is 8.34. The topological polar surface area (TPSA) is 89.9 Å². The number of aromatic nitrogens is 1. The Balaban J connectivity index is 1.33. The number of rotatable bonds is 3. The maximum Gasteiger partial charge on any atom is 0.321 e. The van der Waals surface area contributed by atoms with Gasteiger partial charge in [-0.1, -0.05) is 6.07 Å². The van der Waals surface area contributed by atoms with E-state index in [0.717, 1.165) is 29.6 Å². The van der Waals surface area contributed by atoms with Crippen molar-refractivity contribution in [3.05, 3.63) is 71.8 Å². The van der Waals surface area contributed by atoms with E-state index in [9.17, 15) is 18.4 Å². The number of hydrogen-bond donors (Lipinski definition) is 2. The summed E-state index contributed by atoms with van der Waals surface area (Å²) in [5, 5.41) is 5.48. The molecule has 33 heavy (non-hydrogen) atoms. The monoisotopic (exact) mass is 452 g/mol. The summed E-state index contributed by atoms with van der Waals surface area (Å²) in [5.74, 6) is -1.54. The minimum Gasteiger partial charge on any atom is -0.351 e. The zero-order valence-electron chi connectivity index (χ0n) is 17.7. The van der Waals surface area contributed by atoms with Gasteiger partial charge < -0.3 is 20.4 Å². The Bertz CT molecular complexity index is 1120. The Morgan fingerprint density at radius 1 is 1.15 bits per heavy atom. The van der Waals surface area contributed by atoms with Crippen molar-refractivity contribution in [3.63, 3.8) is 0 Å². The number of carbonyl (C=O) groups is 2. The zero-order valence-corrected chi connectivity index (χ0v) is 17.7. The van der Waals surface area contributed by atoms with Crippen LogP contribution in [0.15, 0.2) is 59.5 Å². The Kier molecular flexibility index (Phi) is 5.27. The highest BCUT2D eigenvalue weighted by atomic mass is 19.1. The molecule has 1 unspecified atom stereocenters. The molecule has 5 rings (SSSR count). The van der Waals surface area contributed by atoms with Gasteiger partial charge in [0.2, 0.25) is 5.91 Å². The van der Waals surface area contributed by atoms with E-state index in [2.05, 4.69) is 20.6 Å². The number of nitrogens with zero attached hydrogens (tertiary/aromatic N) is 4. The van der Waals surface area contributed by atoms with E-state index < -0.39 is 23.1 Å². The summed E-state index contributed by atoms with van der Waals surface area (Å²) in [4.78, 5) is 38.2. The summed E-state index contributed by atoms with van der Waals surface area (Å²) < 4.78 is 26.9. The Morgan fingerprint density at radius 2 is 1.91 bits per heavy atom. The fourth-order valence-corrected chi connectivity index (χ4v) is 4.85. The number of β-lactam (4-membered cyclic amide) rings is 1. The smallest absolute Gasteiger partial charge is 0.321 e. The largest absolute Gasteiger partial charge is 0.351 e. The van der Waals surface area contributed by atoms with Crippen molar-refractivity contribution in [3.8, 4) is 0 Å². The number of piperidine rings is 1. The van der Waals surface area contributed by atoms with Crippen LogP contribution in [-0.4, -0.2) is 52.7 Å². The first kappa shape index (κ1) is 21.0. The number of carbonyl (C=O) groups excluding carboxylic acids is 2. The molecule has 4 heterocycles. The van der Waals surface area contributed by atoms with Crippen LogP contribution in [0.3, 0.4) is 0 Å². The van der Waals surface area contributed by atoms with Crippen LogP contribution in [0.1, 0.15) is 24.6 Å². The molecule has 3 amide bonds. The predicted molar refractivity (Wildman–Crippen MR) is 117 cm³/mol. The summed E-state index contributed by atoms with van der Waals surface area (Å²) in [6, 6.07) is 7.78. The van der Waals surface area contributed by atoms with Crippen molar-refractivity contribution >= 4 is 24.0 Å². The molecule has 1 spiro atoms. The van der Waals surface area contributed by atoms with Crippen LogP contribution in [0, 0.1) is 17.0 Å². The molecular formula is C23H22F2N6O2. The third-order valence-electron chi connectivity index (χ3n) is 6.43. The molecule has 0 radical (unpaired) electrons. The van der Waals surface area contributed by atoms with E-state index in [0.29, 0.717) is 32.5 Å². The molecule has 2 fully saturated rings. The highest BCUT2D eigenvalue weighted by molar-refractivity contribution is 5.93. The van der Waals surface area contributed by atoms with Gasteiger partial charge in [0.15, 0.2) is 0 Å². The van der Waals surface area contributed by atoms with Gasteiger partial charge in [0.25, 0.3) is 0 Å². The normalized spacial score (nSPS) is 21.3. The molecule has 10 heteroatoms. The maximum absolute atomic E-state index is 13.4. The van der Waals surface area contributed by atoms with E-state index in [1.807, 2.05) is 18.2 Å². The number of likely N-dealkylation sites (tertiary alicyclic amines) is 2. The van der Waals surface area contributed by atoms with Crippen LogP contribution < -0.4 is 10.6 Å². The third kappa shape index (κ3) is 3.71. The summed E-state index contributed by atoms with van der Waals surface area (Å²) in [5.41, 5.74) is 0.947. The first-order chi connectivity index (χ1) is 16.0. The van der Waals surface area contributed by atoms with Crippen LogP contribution in [-0.2, 0) is 4.79 Å². The second kappa shape index (κ2) is 8.27. The number of anilines is 1. The van der Waals surface area contributed by atoms with Gasteiger partial charge in [0.1, 0.15) is 11.6 Å². The van der Waals surface area contributed by atoms with Gasteiger partial charge in [-0.25, -0.2) is 13.6 Å². The highest BCUT2D eigenvalue weighted by Gasteiger charge is 2.63. The summed E-state index contributed by atoms with van der Waals surface area (Å²) in [6.45, 7) is 1.07. The number of halogens is 2. The third-order valence-corrected chi connectivity index (χ3v) is 6.43. The summed E-state index contributed by atoms with van der Waals surface area (Å²) in [6.07, 6.45) is 5.97. The first-order valence-electron chi connectivity index (χ1n) is 10.7. The van der Waals surface area contributed by atoms with Crippen molar-refractivity contribution in [1.29, 1.82) is 0 Å². The quantitative estimate of drug-likeness (QED) is 0.701. The van der Waals surface area contributed by atoms with Gasteiger partial charge in [0.05, 0.1) is 35.7 Å². The van der Waals surface area contributed by atoms with Crippen molar-refractivity contribution in [2.75, 3.05) is 25.0 Å². The number of nitrogens with one attached hydrogen (secondary N) is 2. The molecule has 2 saturated heterocycles. The van der Waals surface area contributed by atoms with Crippen molar-refractivity contribution < 1.29 is 18.4 Å². The first-order valence-corrected chi connectivity index (χ1v) is 10.7. The average molecular weight is 452 g/mol. The lowest BCUT2D eigenvalue weighted by Gasteiger charge is -2.58. The zero-order chi connectivity index (χ0) is 23.0. The van der Waals surface area contributed by atoms with Gasteiger partial charge in [-0.3, -0.25) is 14.8 Å². The second-order valence-electron chi connectivity index (χ2n) is 8.34. The summed E-state index contributed by atoms with van der Waals surface area (Å²) in [7, 11) is 0. The van der Waals surface area contributed by atoms with E-state index in [1.165, 1.54) is 0 Å². The fraction of sp³-hybridized carbons (Fsp3) is 0.304. The van der Waals surface area contributed by atoms with Gasteiger partial charge >= 0.3 is 6.03 Å². The van der Waals surface area contributed by atoms with Crippen molar-refractivity contribution in [2.24, 2.45) is 10.4 Å². The van der Waals surface area contributed by atoms with E-state index in [1.54, 1.807) is 28.5 Å². The number of urea groups is 1. The lowest BCUT2D eigenvalue weighted by molar-refractivity contribution is -0.174. The lowest BCUT2D eigenvalue weighted by atomic mass is 9.63. The molecule has 1 aromatic heterocycles. The van der Waals surface area contributed by atoms with E-state index in [-0.39, 0.29) is 17.6 Å². The van der Waals surface area contributed by atoms with Gasteiger partial charge in [-0.05, 0) is 37.1 Å². The van der Waals surface area contributed by atoms with Crippen LogP contribution in [0.2, 0.25) is 0 Å². The van der Waals surface area contributed by atoms with Gasteiger partial charge in [0, 0.05) is 37.2 Å². The number of aliphatic imine (C=N–C) groups is 1. The number of pyridine rings is 1. The van der Waals surface area contributed by atoms with E-state index >= 15 is 0 Å². The van der Waals surface area contributed by atoms with Crippen LogP contribution in [0.25, 0.3) is 0 Å². The molecule has 3 aliphatic rings. The molecule has 3 aliphatic heterocycles. The lowest BCUT2D eigenvalue weighted by Crippen LogP contribution is -2.66. The Hall–Kier alpha value is -3.82. The minimum absolute atomic E-state index is 0.00411. The molecule has 1 aromatic carbocycles. The molecule has 170 valence electrons. The fourth-order valence-electron chi connectivity index (χ4n) is 4.85. The van der Waals surface area contributed by atoms with Crippen LogP contribution in [0.5, 0.6) is 0 Å². The van der Waals surface area contributed by atoms with Gasteiger partial charge in [-0.15, -0.1) is 0 Å². The standard InChI is InChI=1S/C23H22F2N6O2/c24-15-9-16(25)11-17(10-15)29-22(33)30-7-4-23(5-8-30)20(19-3-1-2-6-28-19)31(21(23)32)18-12-26-14-27-13-18/h1-3,6,9-12,14,20H,4-5,7-8,13H2,(H,26,27)(H,29,33). The molecule has 0 aliphatic carbocycles. The molecule has 1 atom stereocenters. The molecule has 0 bridgehead atoms. The SMILES string of the molecule is O=C(Nc1cc(F)cc(F)c1)N1CCC2(CC1)C(=O)N(C1=CNC=NC1)C2c1ccccn1. The highest BCUT2D eigenvalue weighted by Crippen LogP contribution is 2.57. The van der Waals surface area contributed by atoms with Gasteiger partial charge in [-0.2, -0.15) is 0 Å². The molecule has 8 nitrogen and oxygen atoms in total. The van der Waals surface area contributed by atoms with Crippen LogP contribution in [0.4, 0.5) is 19.3 Å². The van der Waals surface area contributed by atoms with Crippen molar-refractivity contribution in [2.45, 2.75) is 18.9 Å². The predicted octanol–water partition coefficient (Wildman–Crippen LogP) is 3.03. The minimum atomic E-state index is -0.767. The Morgan fingerprint density at radius 3 is 2.55 bits per heavy atom. The molecule has 2 aromatic rings. The number of benzene rings is 1. The number of amides is 3. The average Bonchev–Trinajstić information content (AvgIpc) is 2.82. The number of hydrogen-bond acceptors (Lipinski definition) is 5.